The van der Waals surface area contributed by atoms with E-state index in [1.807, 2.05) is 24.3 Å². The molecular weight excluding hydrogens is 324 g/mol. The fourth-order valence-electron chi connectivity index (χ4n) is 3.76. The first-order valence-electron chi connectivity index (χ1n) is 9.53. The van der Waals surface area contributed by atoms with E-state index in [2.05, 4.69) is 24.5 Å². The zero-order valence-electron chi connectivity index (χ0n) is 15.8. The molecule has 1 saturated heterocycles. The minimum absolute atomic E-state index is 0.0829. The Labute approximate surface area is 156 Å². The molecule has 2 aromatic rings. The lowest BCUT2D eigenvalue weighted by Crippen LogP contribution is -3.13. The average molecular weight is 353 g/mol. The predicted octanol–water partition coefficient (Wildman–Crippen LogP) is 2.95. The zero-order valence-corrected chi connectivity index (χ0v) is 15.8. The third-order valence-corrected chi connectivity index (χ3v) is 5.45. The van der Waals surface area contributed by atoms with E-state index in [9.17, 15) is 4.79 Å². The molecule has 26 heavy (non-hydrogen) atoms. The fraction of sp³-hybridized carbons (Fsp3) is 0.409. The summed E-state index contributed by atoms with van der Waals surface area (Å²) in [4.78, 5) is 14.2. The van der Waals surface area contributed by atoms with Gasteiger partial charge in [0, 0.05) is 17.7 Å². The van der Waals surface area contributed by atoms with Gasteiger partial charge >= 0.3 is 0 Å². The van der Waals surface area contributed by atoms with Crippen LogP contribution in [0.25, 0.3) is 0 Å². The highest BCUT2D eigenvalue weighted by Crippen LogP contribution is 2.20. The maximum atomic E-state index is 12.6. The van der Waals surface area contributed by atoms with E-state index >= 15 is 0 Å². The van der Waals surface area contributed by atoms with Crippen molar-refractivity contribution in [2.45, 2.75) is 38.1 Å². The van der Waals surface area contributed by atoms with E-state index in [1.165, 1.54) is 37.8 Å². The van der Waals surface area contributed by atoms with Gasteiger partial charge in [0.2, 0.25) is 0 Å². The Kier molecular flexibility index (Phi) is 6.29. The highest BCUT2D eigenvalue weighted by molar-refractivity contribution is 6.04. The van der Waals surface area contributed by atoms with Gasteiger partial charge in [-0.25, -0.2) is 0 Å². The minimum atomic E-state index is -0.0829. The Balaban J connectivity index is 1.65. The summed E-state index contributed by atoms with van der Waals surface area (Å²) in [6.07, 6.45) is 6.17. The summed E-state index contributed by atoms with van der Waals surface area (Å²) in [5, 5.41) is 3.08. The van der Waals surface area contributed by atoms with Crippen LogP contribution < -0.4 is 15.0 Å². The van der Waals surface area contributed by atoms with Crippen LogP contribution in [0.5, 0.6) is 5.75 Å². The van der Waals surface area contributed by atoms with E-state index < -0.39 is 0 Å². The van der Waals surface area contributed by atoms with Gasteiger partial charge in [-0.2, -0.15) is 0 Å². The number of piperidine rings is 1. The highest BCUT2D eigenvalue weighted by atomic mass is 16.5. The number of anilines is 1. The van der Waals surface area contributed by atoms with Crippen molar-refractivity contribution in [2.24, 2.45) is 0 Å². The molecule has 3 rings (SSSR count). The Hall–Kier alpha value is -2.33. The lowest BCUT2D eigenvalue weighted by Gasteiger charge is -2.29. The van der Waals surface area contributed by atoms with E-state index in [0.717, 1.165) is 23.9 Å². The number of hydrogen-bond acceptors (Lipinski definition) is 2. The lowest BCUT2D eigenvalue weighted by atomic mass is 9.96. The van der Waals surface area contributed by atoms with Gasteiger partial charge in [-0.1, -0.05) is 18.2 Å². The second-order valence-corrected chi connectivity index (χ2v) is 7.17. The quantitative estimate of drug-likeness (QED) is 0.838. The molecule has 1 unspecified atom stereocenters. The standard InChI is InChI=1S/C22H28N2O2/c1-24-16-6-5-8-19(24)13-10-17-7-3-4-9-21(17)23-22(25)18-11-14-20(26-2)15-12-18/h3-4,7,9,11-12,14-15,19H,5-6,8,10,13,16H2,1-2H3,(H,23,25)/p+1/t19-/m1/s1. The number of ether oxygens (including phenoxy) is 1. The monoisotopic (exact) mass is 353 g/mol. The second kappa shape index (κ2) is 8.86. The van der Waals surface area contributed by atoms with Gasteiger partial charge in [0.15, 0.2) is 0 Å². The summed E-state index contributed by atoms with van der Waals surface area (Å²) in [7, 11) is 3.93. The van der Waals surface area contributed by atoms with Crippen LogP contribution in [-0.2, 0) is 6.42 Å². The van der Waals surface area contributed by atoms with Gasteiger partial charge < -0.3 is 15.0 Å². The maximum absolute atomic E-state index is 12.6. The molecule has 0 aliphatic carbocycles. The van der Waals surface area contributed by atoms with Crippen molar-refractivity contribution < 1.29 is 14.4 Å². The molecule has 1 fully saturated rings. The average Bonchev–Trinajstić information content (AvgIpc) is 2.68. The SMILES string of the molecule is COc1ccc(C(=O)Nc2ccccc2CC[C@H]2CCCC[NH+]2C)cc1. The Morgan fingerprint density at radius 3 is 2.65 bits per heavy atom. The molecule has 138 valence electrons. The first-order valence-corrected chi connectivity index (χ1v) is 9.53. The summed E-state index contributed by atoms with van der Waals surface area (Å²) in [6, 6.07) is 16.1. The Morgan fingerprint density at radius 1 is 1.15 bits per heavy atom. The first kappa shape index (κ1) is 18.5. The number of methoxy groups -OCH3 is 1. The molecule has 1 heterocycles. The van der Waals surface area contributed by atoms with Gasteiger partial charge in [-0.3, -0.25) is 4.79 Å². The van der Waals surface area contributed by atoms with Crippen molar-refractivity contribution in [3.05, 3.63) is 59.7 Å². The number of likely N-dealkylation sites (tertiary alicyclic amines) is 1. The van der Waals surface area contributed by atoms with Crippen molar-refractivity contribution in [1.29, 1.82) is 0 Å². The molecule has 1 aliphatic heterocycles. The molecular formula is C22H29N2O2+. The molecule has 0 saturated carbocycles. The van der Waals surface area contributed by atoms with Gasteiger partial charge in [-0.05, 0) is 61.6 Å². The van der Waals surface area contributed by atoms with E-state index in [1.54, 1.807) is 24.1 Å². The molecule has 1 amide bonds. The number of hydrogen-bond donors (Lipinski definition) is 2. The van der Waals surface area contributed by atoms with Crippen molar-refractivity contribution >= 4 is 11.6 Å². The molecule has 0 spiro atoms. The van der Waals surface area contributed by atoms with Crippen LogP contribution in [0.2, 0.25) is 0 Å². The minimum Gasteiger partial charge on any atom is -0.497 e. The zero-order chi connectivity index (χ0) is 18.4. The number of quaternary nitrogens is 1. The third kappa shape index (κ3) is 4.64. The van der Waals surface area contributed by atoms with Gasteiger partial charge in [0.05, 0.1) is 26.7 Å². The number of rotatable bonds is 6. The summed E-state index contributed by atoms with van der Waals surface area (Å²) < 4.78 is 5.15. The van der Waals surface area contributed by atoms with Crippen molar-refractivity contribution in [1.82, 2.24) is 0 Å². The van der Waals surface area contributed by atoms with Gasteiger partial charge in [0.1, 0.15) is 5.75 Å². The third-order valence-electron chi connectivity index (χ3n) is 5.45. The number of aryl methyl sites for hydroxylation is 1. The Morgan fingerprint density at radius 2 is 1.92 bits per heavy atom. The van der Waals surface area contributed by atoms with Crippen molar-refractivity contribution in [2.75, 3.05) is 26.0 Å². The van der Waals surface area contributed by atoms with Crippen LogP contribution in [0, 0.1) is 0 Å². The molecule has 1 aliphatic rings. The van der Waals surface area contributed by atoms with Crippen LogP contribution in [0.4, 0.5) is 5.69 Å². The molecule has 4 heteroatoms. The molecule has 0 aromatic heterocycles. The lowest BCUT2D eigenvalue weighted by molar-refractivity contribution is -0.911. The topological polar surface area (TPSA) is 42.8 Å². The van der Waals surface area contributed by atoms with Gasteiger partial charge in [0.25, 0.3) is 5.91 Å². The van der Waals surface area contributed by atoms with Crippen LogP contribution >= 0.6 is 0 Å². The van der Waals surface area contributed by atoms with E-state index in [4.69, 9.17) is 4.74 Å². The number of nitrogens with one attached hydrogen (secondary N) is 2. The van der Waals surface area contributed by atoms with Crippen molar-refractivity contribution in [3.8, 4) is 5.75 Å². The molecule has 2 atom stereocenters. The maximum Gasteiger partial charge on any atom is 0.255 e. The smallest absolute Gasteiger partial charge is 0.255 e. The van der Waals surface area contributed by atoms with E-state index in [0.29, 0.717) is 5.56 Å². The fourth-order valence-corrected chi connectivity index (χ4v) is 3.76. The molecule has 4 nitrogen and oxygen atoms in total. The Bertz CT molecular complexity index is 727. The number of carbonyl (C=O) groups excluding carboxylic acids is 1. The molecule has 0 bridgehead atoms. The van der Waals surface area contributed by atoms with Gasteiger partial charge in [-0.15, -0.1) is 0 Å². The summed E-state index contributed by atoms with van der Waals surface area (Å²) in [5.41, 5.74) is 2.77. The summed E-state index contributed by atoms with van der Waals surface area (Å²) in [5.74, 6) is 0.668. The van der Waals surface area contributed by atoms with Crippen LogP contribution in [0.15, 0.2) is 48.5 Å². The molecule has 0 radical (unpaired) electrons. The van der Waals surface area contributed by atoms with Crippen LogP contribution in [0.1, 0.15) is 41.6 Å². The molecule has 2 aromatic carbocycles. The highest BCUT2D eigenvalue weighted by Gasteiger charge is 2.22. The summed E-state index contributed by atoms with van der Waals surface area (Å²) in [6.45, 7) is 1.28. The van der Waals surface area contributed by atoms with Crippen LogP contribution in [-0.4, -0.2) is 32.7 Å². The largest absolute Gasteiger partial charge is 0.497 e. The number of amides is 1. The number of carbonyl (C=O) groups is 1. The second-order valence-electron chi connectivity index (χ2n) is 7.17. The first-order chi connectivity index (χ1) is 12.7. The normalized spacial score (nSPS) is 19.8. The predicted molar refractivity (Wildman–Crippen MR) is 105 cm³/mol. The molecule has 2 N–H and O–H groups in total. The van der Waals surface area contributed by atoms with Crippen molar-refractivity contribution in [3.63, 3.8) is 0 Å². The number of benzene rings is 2. The summed E-state index contributed by atoms with van der Waals surface area (Å²) >= 11 is 0. The number of para-hydroxylation sites is 1. The van der Waals surface area contributed by atoms with Crippen LogP contribution in [0.3, 0.4) is 0 Å². The van der Waals surface area contributed by atoms with E-state index in [-0.39, 0.29) is 5.91 Å².